The van der Waals surface area contributed by atoms with Gasteiger partial charge in [0, 0.05) is 0 Å². The first-order chi connectivity index (χ1) is 10.0. The molecular formula is C18H24O3. The molecule has 3 nitrogen and oxygen atoms in total. The maximum absolute atomic E-state index is 10.4. The highest BCUT2D eigenvalue weighted by Gasteiger charge is 2.54. The molecule has 114 valence electrons. The van der Waals surface area contributed by atoms with Crippen LogP contribution >= 0.6 is 0 Å². The fraction of sp³-hybridized carbons (Fsp3) is 0.667. The van der Waals surface area contributed by atoms with Crippen LogP contribution in [0.25, 0.3) is 0 Å². The van der Waals surface area contributed by atoms with Gasteiger partial charge in [-0.05, 0) is 85.0 Å². The normalized spacial score (nSPS) is 41.2. The van der Waals surface area contributed by atoms with Gasteiger partial charge < -0.3 is 15.3 Å². The van der Waals surface area contributed by atoms with Crippen LogP contribution in [0.15, 0.2) is 12.1 Å². The molecule has 0 radical (unpaired) electrons. The van der Waals surface area contributed by atoms with Gasteiger partial charge in [-0.15, -0.1) is 0 Å². The minimum Gasteiger partial charge on any atom is -0.504 e. The van der Waals surface area contributed by atoms with E-state index in [2.05, 4.69) is 6.92 Å². The Balaban J connectivity index is 1.73. The Kier molecular flexibility index (Phi) is 2.81. The zero-order chi connectivity index (χ0) is 14.8. The lowest BCUT2D eigenvalue weighted by Gasteiger charge is -2.50. The van der Waals surface area contributed by atoms with Gasteiger partial charge in [-0.1, -0.05) is 6.92 Å². The number of rotatable bonds is 0. The number of hydrogen-bond acceptors (Lipinski definition) is 3. The average molecular weight is 288 g/mol. The summed E-state index contributed by atoms with van der Waals surface area (Å²) in [5, 5.41) is 29.9. The summed E-state index contributed by atoms with van der Waals surface area (Å²) in [5.74, 6) is 1.73. The number of phenolic OH excluding ortho intramolecular Hbond substituents is 2. The van der Waals surface area contributed by atoms with Crippen molar-refractivity contribution in [3.05, 3.63) is 23.3 Å². The Labute approximate surface area is 125 Å². The van der Waals surface area contributed by atoms with E-state index in [1.807, 2.05) is 0 Å². The fourth-order valence-corrected chi connectivity index (χ4v) is 5.57. The van der Waals surface area contributed by atoms with Gasteiger partial charge in [0.25, 0.3) is 0 Å². The van der Waals surface area contributed by atoms with Gasteiger partial charge >= 0.3 is 0 Å². The molecule has 4 unspecified atom stereocenters. The molecule has 0 aromatic heterocycles. The molecule has 0 heterocycles. The Bertz CT molecular complexity index is 582. The quantitative estimate of drug-likeness (QED) is 0.642. The summed E-state index contributed by atoms with van der Waals surface area (Å²) < 4.78 is 0. The predicted molar refractivity (Wildman–Crippen MR) is 80.4 cm³/mol. The number of aromatic hydroxyl groups is 2. The molecule has 3 N–H and O–H groups in total. The topological polar surface area (TPSA) is 60.7 Å². The molecule has 0 aliphatic heterocycles. The molecule has 0 bridgehead atoms. The molecule has 4 rings (SSSR count). The first-order valence-corrected chi connectivity index (χ1v) is 8.23. The van der Waals surface area contributed by atoms with E-state index in [0.29, 0.717) is 17.8 Å². The van der Waals surface area contributed by atoms with E-state index in [-0.39, 0.29) is 23.0 Å². The SMILES string of the molecule is C[C@]12CCC3c4cc(O)c(O)cc4CCC3C1CCC2O. The Morgan fingerprint density at radius 3 is 2.62 bits per heavy atom. The zero-order valence-electron chi connectivity index (χ0n) is 12.5. The van der Waals surface area contributed by atoms with Crippen LogP contribution in [0.5, 0.6) is 11.5 Å². The molecule has 21 heavy (non-hydrogen) atoms. The molecule has 3 aliphatic carbocycles. The smallest absolute Gasteiger partial charge is 0.157 e. The third-order valence-electron chi connectivity index (χ3n) is 6.77. The van der Waals surface area contributed by atoms with Crippen LogP contribution in [0.1, 0.15) is 56.1 Å². The Hall–Kier alpha value is -1.22. The summed E-state index contributed by atoms with van der Waals surface area (Å²) in [5.41, 5.74) is 2.54. The van der Waals surface area contributed by atoms with Gasteiger partial charge in [-0.25, -0.2) is 0 Å². The van der Waals surface area contributed by atoms with E-state index < -0.39 is 0 Å². The standard InChI is InChI=1S/C18H24O3/c1-18-7-6-11-12(14(18)4-5-17(18)21)3-2-10-8-15(19)16(20)9-13(10)11/h8-9,11-12,14,17,19-21H,2-7H2,1H3/t11?,12?,14?,17?,18-/m0/s1. The second kappa shape index (κ2) is 4.39. The molecule has 2 fully saturated rings. The predicted octanol–water partition coefficient (Wildman–Crippen LogP) is 3.31. The molecule has 0 spiro atoms. The highest BCUT2D eigenvalue weighted by Crippen LogP contribution is 2.61. The number of aryl methyl sites for hydroxylation is 1. The monoisotopic (exact) mass is 288 g/mol. The van der Waals surface area contributed by atoms with Crippen molar-refractivity contribution in [3.8, 4) is 11.5 Å². The molecule has 2 saturated carbocycles. The number of benzene rings is 1. The minimum atomic E-state index is -0.141. The minimum absolute atomic E-state index is 0.00383. The molecule has 0 amide bonds. The van der Waals surface area contributed by atoms with Crippen molar-refractivity contribution < 1.29 is 15.3 Å². The van der Waals surface area contributed by atoms with Crippen molar-refractivity contribution in [1.82, 2.24) is 0 Å². The van der Waals surface area contributed by atoms with Crippen molar-refractivity contribution in [3.63, 3.8) is 0 Å². The maximum Gasteiger partial charge on any atom is 0.157 e. The van der Waals surface area contributed by atoms with E-state index in [0.717, 1.165) is 38.5 Å². The second-order valence-corrected chi connectivity index (χ2v) is 7.59. The van der Waals surface area contributed by atoms with Crippen LogP contribution in [-0.2, 0) is 6.42 Å². The van der Waals surface area contributed by atoms with E-state index in [1.54, 1.807) is 12.1 Å². The van der Waals surface area contributed by atoms with E-state index in [1.165, 1.54) is 11.1 Å². The highest BCUT2D eigenvalue weighted by molar-refractivity contribution is 5.48. The van der Waals surface area contributed by atoms with Crippen LogP contribution < -0.4 is 0 Å². The van der Waals surface area contributed by atoms with Gasteiger partial charge in [0.15, 0.2) is 11.5 Å². The summed E-state index contributed by atoms with van der Waals surface area (Å²) in [6.45, 7) is 2.27. The van der Waals surface area contributed by atoms with Crippen LogP contribution in [-0.4, -0.2) is 21.4 Å². The van der Waals surface area contributed by atoms with Crippen molar-refractivity contribution in [2.75, 3.05) is 0 Å². The maximum atomic E-state index is 10.4. The number of hydrogen-bond donors (Lipinski definition) is 3. The van der Waals surface area contributed by atoms with Crippen LogP contribution in [0.4, 0.5) is 0 Å². The van der Waals surface area contributed by atoms with Gasteiger partial charge in [0.1, 0.15) is 0 Å². The number of aliphatic hydroxyl groups is 1. The van der Waals surface area contributed by atoms with Crippen LogP contribution in [0.3, 0.4) is 0 Å². The molecule has 1 aromatic carbocycles. The molecule has 1 aromatic rings. The zero-order valence-corrected chi connectivity index (χ0v) is 12.5. The average Bonchev–Trinajstić information content (AvgIpc) is 2.76. The van der Waals surface area contributed by atoms with E-state index in [9.17, 15) is 15.3 Å². The third kappa shape index (κ3) is 1.76. The second-order valence-electron chi connectivity index (χ2n) is 7.59. The molecule has 0 saturated heterocycles. The van der Waals surface area contributed by atoms with Gasteiger partial charge in [0.2, 0.25) is 0 Å². The summed E-state index contributed by atoms with van der Waals surface area (Å²) >= 11 is 0. The van der Waals surface area contributed by atoms with Gasteiger partial charge in [0.05, 0.1) is 6.10 Å². The largest absolute Gasteiger partial charge is 0.504 e. The van der Waals surface area contributed by atoms with Gasteiger partial charge in [-0.2, -0.15) is 0 Å². The Morgan fingerprint density at radius 2 is 1.81 bits per heavy atom. The molecule has 5 atom stereocenters. The summed E-state index contributed by atoms with van der Waals surface area (Å²) in [7, 11) is 0. The van der Waals surface area contributed by atoms with Crippen molar-refractivity contribution in [2.24, 2.45) is 17.3 Å². The molecule has 3 heteroatoms. The lowest BCUT2D eigenvalue weighted by molar-refractivity contribution is -0.0226. The number of phenols is 2. The molecular weight excluding hydrogens is 264 g/mol. The third-order valence-corrected chi connectivity index (χ3v) is 6.77. The summed E-state index contributed by atoms with van der Waals surface area (Å²) in [6, 6.07) is 3.54. The van der Waals surface area contributed by atoms with E-state index >= 15 is 0 Å². The van der Waals surface area contributed by atoms with Crippen molar-refractivity contribution in [2.45, 2.75) is 57.5 Å². The number of aliphatic hydroxyl groups excluding tert-OH is 1. The fourth-order valence-electron chi connectivity index (χ4n) is 5.57. The van der Waals surface area contributed by atoms with E-state index in [4.69, 9.17) is 0 Å². The Morgan fingerprint density at radius 1 is 1.05 bits per heavy atom. The first kappa shape index (κ1) is 13.4. The lowest BCUT2D eigenvalue weighted by atomic mass is 9.55. The summed E-state index contributed by atoms with van der Waals surface area (Å²) in [6.07, 6.45) is 6.23. The first-order valence-electron chi connectivity index (χ1n) is 8.23. The van der Waals surface area contributed by atoms with Gasteiger partial charge in [-0.3, -0.25) is 0 Å². The van der Waals surface area contributed by atoms with Crippen LogP contribution in [0.2, 0.25) is 0 Å². The number of fused-ring (bicyclic) bond motifs is 5. The summed E-state index contributed by atoms with van der Waals surface area (Å²) in [4.78, 5) is 0. The van der Waals surface area contributed by atoms with Crippen LogP contribution in [0, 0.1) is 17.3 Å². The molecule has 3 aliphatic rings. The lowest BCUT2D eigenvalue weighted by Crippen LogP contribution is -2.43. The van der Waals surface area contributed by atoms with Crippen molar-refractivity contribution in [1.29, 1.82) is 0 Å². The highest BCUT2D eigenvalue weighted by atomic mass is 16.3. The van der Waals surface area contributed by atoms with Crippen molar-refractivity contribution >= 4 is 0 Å².